The van der Waals surface area contributed by atoms with Crippen LogP contribution in [0.25, 0.3) is 0 Å². The van der Waals surface area contributed by atoms with Crippen molar-refractivity contribution in [3.8, 4) is 5.75 Å². The molecule has 0 saturated carbocycles. The van der Waals surface area contributed by atoms with Gasteiger partial charge in [0, 0.05) is 18.7 Å². The van der Waals surface area contributed by atoms with E-state index >= 15 is 0 Å². The minimum Gasteiger partial charge on any atom is -0.497 e. The quantitative estimate of drug-likeness (QED) is 0.780. The number of nitrogens with zero attached hydrogens (tertiary/aromatic N) is 2. The monoisotopic (exact) mass is 433 g/mol. The normalized spacial score (nSPS) is 19.4. The molecule has 160 valence electrons. The highest BCUT2D eigenvalue weighted by molar-refractivity contribution is 7.89. The topological polar surface area (TPSA) is 79.0 Å². The fourth-order valence-corrected chi connectivity index (χ4v) is 5.59. The number of piperidine rings is 1. The van der Waals surface area contributed by atoms with Gasteiger partial charge in [0.25, 0.3) is 0 Å². The first kappa shape index (κ1) is 20.8. The highest BCUT2D eigenvalue weighted by Crippen LogP contribution is 2.34. The van der Waals surface area contributed by atoms with Gasteiger partial charge in [-0.25, -0.2) is 12.8 Å². The smallest absolute Gasteiger partial charge is 0.243 e. The summed E-state index contributed by atoms with van der Waals surface area (Å²) in [5.41, 5.74) is -0.215. The number of nitrogens with one attached hydrogen (secondary N) is 1. The second kappa shape index (κ2) is 7.98. The maximum Gasteiger partial charge on any atom is 0.243 e. The summed E-state index contributed by atoms with van der Waals surface area (Å²) in [4.78, 5) is 14.4. The summed E-state index contributed by atoms with van der Waals surface area (Å²) >= 11 is 0. The Morgan fingerprint density at radius 3 is 2.40 bits per heavy atom. The first-order valence-electron chi connectivity index (χ1n) is 9.79. The zero-order valence-corrected chi connectivity index (χ0v) is 17.5. The van der Waals surface area contributed by atoms with Crippen molar-refractivity contribution in [2.45, 2.75) is 29.9 Å². The lowest BCUT2D eigenvalue weighted by atomic mass is 9.96. The molecular formula is C21H24FN3O4S. The highest BCUT2D eigenvalue weighted by atomic mass is 32.2. The molecule has 4 rings (SSSR count). The summed E-state index contributed by atoms with van der Waals surface area (Å²) in [6, 6.07) is 12.7. The standard InChI is InChI=1S/C21H24FN3O4S/c1-29-17-6-8-18(9-7-17)30(27,28)24-12-10-21(11-13-24)23-14-20(26)25(21)15-16-4-2-3-5-19(16)22/h2-9,23H,10-15H2,1H3. The summed E-state index contributed by atoms with van der Waals surface area (Å²) in [6.45, 7) is 0.855. The summed E-state index contributed by atoms with van der Waals surface area (Å²) < 4.78 is 46.7. The fourth-order valence-electron chi connectivity index (χ4n) is 4.15. The van der Waals surface area contributed by atoms with Gasteiger partial charge in [0.05, 0.1) is 30.8 Å². The van der Waals surface area contributed by atoms with Gasteiger partial charge in [-0.2, -0.15) is 4.31 Å². The Morgan fingerprint density at radius 1 is 1.10 bits per heavy atom. The van der Waals surface area contributed by atoms with Crippen molar-refractivity contribution < 1.29 is 22.3 Å². The molecule has 9 heteroatoms. The maximum atomic E-state index is 14.1. The lowest BCUT2D eigenvalue weighted by Gasteiger charge is -2.44. The molecule has 7 nitrogen and oxygen atoms in total. The molecule has 2 aromatic rings. The molecule has 2 saturated heterocycles. The van der Waals surface area contributed by atoms with Crippen molar-refractivity contribution in [2.75, 3.05) is 26.7 Å². The second-order valence-electron chi connectivity index (χ2n) is 7.54. The third kappa shape index (κ3) is 3.68. The largest absolute Gasteiger partial charge is 0.497 e. The summed E-state index contributed by atoms with van der Waals surface area (Å²) in [5.74, 6) is 0.126. The van der Waals surface area contributed by atoms with Gasteiger partial charge in [0.15, 0.2) is 0 Å². The number of carbonyl (C=O) groups is 1. The van der Waals surface area contributed by atoms with Crippen LogP contribution in [0.5, 0.6) is 5.75 Å². The number of hydrogen-bond acceptors (Lipinski definition) is 5. The molecule has 1 amide bonds. The van der Waals surface area contributed by atoms with Gasteiger partial charge < -0.3 is 9.64 Å². The van der Waals surface area contributed by atoms with Gasteiger partial charge in [0.2, 0.25) is 15.9 Å². The van der Waals surface area contributed by atoms with Crippen LogP contribution < -0.4 is 10.1 Å². The van der Waals surface area contributed by atoms with E-state index in [4.69, 9.17) is 4.74 Å². The summed E-state index contributed by atoms with van der Waals surface area (Å²) in [5, 5.41) is 3.25. The predicted molar refractivity (Wildman–Crippen MR) is 109 cm³/mol. The number of ether oxygens (including phenoxy) is 1. The van der Waals surface area contributed by atoms with Gasteiger partial charge in [-0.15, -0.1) is 0 Å². The van der Waals surface area contributed by atoms with E-state index < -0.39 is 15.7 Å². The van der Waals surface area contributed by atoms with Crippen LogP contribution in [0.1, 0.15) is 18.4 Å². The van der Waals surface area contributed by atoms with Crippen molar-refractivity contribution in [2.24, 2.45) is 0 Å². The zero-order chi connectivity index (χ0) is 21.4. The number of benzene rings is 2. The molecule has 2 aromatic carbocycles. The van der Waals surface area contributed by atoms with Crippen LogP contribution >= 0.6 is 0 Å². The Morgan fingerprint density at radius 2 is 1.77 bits per heavy atom. The molecule has 2 aliphatic rings. The van der Waals surface area contributed by atoms with Crippen LogP contribution in [-0.4, -0.2) is 55.9 Å². The number of halogens is 1. The van der Waals surface area contributed by atoms with E-state index in [0.29, 0.717) is 24.2 Å². The van der Waals surface area contributed by atoms with E-state index in [-0.39, 0.29) is 42.8 Å². The van der Waals surface area contributed by atoms with E-state index in [1.54, 1.807) is 35.2 Å². The summed E-state index contributed by atoms with van der Waals surface area (Å²) in [7, 11) is -2.12. The van der Waals surface area contributed by atoms with E-state index in [1.807, 2.05) is 0 Å². The first-order valence-corrected chi connectivity index (χ1v) is 11.2. The number of sulfonamides is 1. The highest BCUT2D eigenvalue weighted by Gasteiger charge is 2.48. The van der Waals surface area contributed by atoms with Crippen molar-refractivity contribution in [1.29, 1.82) is 0 Å². The molecule has 2 aliphatic heterocycles. The van der Waals surface area contributed by atoms with Gasteiger partial charge in [0.1, 0.15) is 11.6 Å². The summed E-state index contributed by atoms with van der Waals surface area (Å²) in [6.07, 6.45) is 0.866. The van der Waals surface area contributed by atoms with Crippen LogP contribution in [-0.2, 0) is 21.4 Å². The van der Waals surface area contributed by atoms with Crippen molar-refractivity contribution in [1.82, 2.24) is 14.5 Å². The number of carbonyl (C=O) groups excluding carboxylic acids is 1. The lowest BCUT2D eigenvalue weighted by Crippen LogP contribution is -2.58. The maximum absolute atomic E-state index is 14.1. The average Bonchev–Trinajstić information content (AvgIpc) is 3.05. The molecule has 0 radical (unpaired) electrons. The van der Waals surface area contributed by atoms with Gasteiger partial charge in [-0.1, -0.05) is 18.2 Å². The SMILES string of the molecule is COc1ccc(S(=O)(=O)N2CCC3(CC2)NCC(=O)N3Cc2ccccc2F)cc1. The molecule has 0 aromatic heterocycles. The van der Waals surface area contributed by atoms with E-state index in [0.717, 1.165) is 0 Å². The molecule has 2 heterocycles. The fraction of sp³-hybridized carbons (Fsp3) is 0.381. The average molecular weight is 434 g/mol. The lowest BCUT2D eigenvalue weighted by molar-refractivity contribution is -0.132. The Kier molecular flexibility index (Phi) is 5.52. The molecule has 0 bridgehead atoms. The zero-order valence-electron chi connectivity index (χ0n) is 16.7. The Labute approximate surface area is 175 Å². The van der Waals surface area contributed by atoms with E-state index in [1.165, 1.54) is 29.6 Å². The van der Waals surface area contributed by atoms with Crippen LogP contribution in [0, 0.1) is 5.82 Å². The van der Waals surface area contributed by atoms with Gasteiger partial charge in [-0.3, -0.25) is 10.1 Å². The van der Waals surface area contributed by atoms with Gasteiger partial charge in [-0.05, 0) is 43.2 Å². The van der Waals surface area contributed by atoms with Crippen LogP contribution in [0.2, 0.25) is 0 Å². The van der Waals surface area contributed by atoms with Crippen molar-refractivity contribution in [3.63, 3.8) is 0 Å². The molecule has 0 aliphatic carbocycles. The number of rotatable bonds is 5. The number of hydrogen-bond donors (Lipinski definition) is 1. The first-order chi connectivity index (χ1) is 14.4. The second-order valence-corrected chi connectivity index (χ2v) is 9.47. The van der Waals surface area contributed by atoms with Crippen molar-refractivity contribution in [3.05, 3.63) is 59.9 Å². The van der Waals surface area contributed by atoms with Crippen LogP contribution in [0.4, 0.5) is 4.39 Å². The molecule has 30 heavy (non-hydrogen) atoms. The molecule has 0 unspecified atom stereocenters. The Hall–Kier alpha value is -2.49. The number of amides is 1. The van der Waals surface area contributed by atoms with Crippen LogP contribution in [0.15, 0.2) is 53.4 Å². The van der Waals surface area contributed by atoms with Gasteiger partial charge >= 0.3 is 0 Å². The van der Waals surface area contributed by atoms with E-state index in [9.17, 15) is 17.6 Å². The Balaban J connectivity index is 1.50. The molecule has 2 fully saturated rings. The molecule has 1 N–H and O–H groups in total. The van der Waals surface area contributed by atoms with Crippen molar-refractivity contribution >= 4 is 15.9 Å². The third-order valence-electron chi connectivity index (χ3n) is 5.92. The van der Waals surface area contributed by atoms with E-state index in [2.05, 4.69) is 5.32 Å². The minimum atomic E-state index is -3.64. The number of methoxy groups -OCH3 is 1. The predicted octanol–water partition coefficient (Wildman–Crippen LogP) is 1.95. The molecule has 1 spiro atoms. The molecular weight excluding hydrogens is 409 g/mol. The Bertz CT molecular complexity index is 1030. The van der Waals surface area contributed by atoms with Crippen LogP contribution in [0.3, 0.4) is 0 Å². The third-order valence-corrected chi connectivity index (χ3v) is 7.83. The molecule has 0 atom stereocenters. The minimum absolute atomic E-state index is 0.107.